The number of carboxylic acids is 3. The highest BCUT2D eigenvalue weighted by molar-refractivity contribution is 8.14. The van der Waals surface area contributed by atoms with Gasteiger partial charge in [0.05, 0.1) is 108 Å². The minimum Gasteiger partial charge on any atom is -0.543 e. The van der Waals surface area contributed by atoms with Crippen LogP contribution in [0.25, 0.3) is 0 Å². The van der Waals surface area contributed by atoms with E-state index in [4.69, 9.17) is 19.3 Å². The van der Waals surface area contributed by atoms with Crippen molar-refractivity contribution in [3.05, 3.63) is 55.1 Å². The number of nitrogens with zero attached hydrogens (tertiary/aromatic N) is 9. The molecule has 13 heterocycles. The van der Waals surface area contributed by atoms with Gasteiger partial charge in [-0.05, 0) is 91.5 Å². The Balaban J connectivity index is 0.000000140. The number of aliphatic hydroxyl groups is 4. The lowest BCUT2D eigenvalue weighted by molar-refractivity contribution is -0.758. The van der Waals surface area contributed by atoms with Crippen molar-refractivity contribution in [3.8, 4) is 0 Å². The van der Waals surface area contributed by atoms with Crippen molar-refractivity contribution in [2.45, 2.75) is 184 Å². The van der Waals surface area contributed by atoms with Crippen LogP contribution in [0.3, 0.4) is 0 Å². The highest BCUT2D eigenvalue weighted by Gasteiger charge is 2.64. The van der Waals surface area contributed by atoms with Gasteiger partial charge in [-0.1, -0.05) is 44.3 Å². The molecule has 7 fully saturated rings. The number of esters is 2. The summed E-state index contributed by atoms with van der Waals surface area (Å²) in [4.78, 5) is 128. The molecule has 6 saturated heterocycles. The lowest BCUT2D eigenvalue weighted by Crippen LogP contribution is -2.64. The van der Waals surface area contributed by atoms with Crippen LogP contribution in [0.15, 0.2) is 60.1 Å². The number of hydrogen-bond donors (Lipinski definition) is 8. The minimum atomic E-state index is -3.72. The first-order valence-electron chi connectivity index (χ1n) is 34.3. The molecule has 32 nitrogen and oxygen atoms in total. The molecule has 0 radical (unpaired) electrons. The van der Waals surface area contributed by atoms with E-state index in [0.29, 0.717) is 21.3 Å². The summed E-state index contributed by atoms with van der Waals surface area (Å²) in [6.45, 7) is 21.6. The molecule has 0 spiro atoms. The van der Waals surface area contributed by atoms with Crippen LogP contribution in [0.4, 0.5) is 0 Å². The van der Waals surface area contributed by atoms with Crippen molar-refractivity contribution in [2.75, 3.05) is 45.3 Å². The van der Waals surface area contributed by atoms with Crippen LogP contribution in [0.1, 0.15) is 101 Å². The van der Waals surface area contributed by atoms with E-state index in [-0.39, 0.29) is 122 Å². The first kappa shape index (κ1) is 78.3. The smallest absolute Gasteiger partial charge is 0.358 e. The number of rotatable bonds is 20. The van der Waals surface area contributed by atoms with E-state index in [1.54, 1.807) is 84.6 Å². The number of amides is 4. The van der Waals surface area contributed by atoms with Gasteiger partial charge in [0.15, 0.2) is 5.17 Å². The van der Waals surface area contributed by atoms with Crippen molar-refractivity contribution < 1.29 is 106 Å². The van der Waals surface area contributed by atoms with Gasteiger partial charge in [0.2, 0.25) is 36.7 Å². The van der Waals surface area contributed by atoms with Crippen molar-refractivity contribution in [1.82, 2.24) is 38.9 Å². The summed E-state index contributed by atoms with van der Waals surface area (Å²) < 4.78 is 44.2. The van der Waals surface area contributed by atoms with E-state index in [1.165, 1.54) is 54.9 Å². The number of hydrogen-bond acceptors (Lipinski definition) is 27. The van der Waals surface area contributed by atoms with Gasteiger partial charge in [0, 0.05) is 79.9 Å². The number of amidine groups is 1. The fourth-order valence-electron chi connectivity index (χ4n) is 15.7. The number of ether oxygens (including phenoxy) is 3. The Bertz CT molecular complexity index is 3860. The van der Waals surface area contributed by atoms with E-state index in [2.05, 4.69) is 19.6 Å². The van der Waals surface area contributed by atoms with Gasteiger partial charge >= 0.3 is 30.2 Å². The molecule has 38 heteroatoms. The van der Waals surface area contributed by atoms with E-state index in [9.17, 15) is 87.3 Å². The normalized spacial score (nSPS) is 32.2. The molecule has 18 atom stereocenters. The number of carbonyl (C=O) groups excluding carboxylic acids is 7. The minimum absolute atomic E-state index is 0.0147. The number of carboxylic acid groups (broad SMARTS) is 3. The van der Waals surface area contributed by atoms with Gasteiger partial charge in [-0.25, -0.2) is 24.2 Å². The molecule has 1 saturated carbocycles. The first-order valence-corrected chi connectivity index (χ1v) is 40.4. The Hall–Kier alpha value is -5.78. The molecule has 103 heavy (non-hydrogen) atoms. The molecule has 0 aromatic carbocycles. The third kappa shape index (κ3) is 15.2. The number of nitrogens with one attached hydrogen (secondary N) is 1. The van der Waals surface area contributed by atoms with Crippen molar-refractivity contribution in [3.63, 3.8) is 0 Å². The number of aromatic nitrogens is 3. The number of likely N-dealkylation sites (tertiary alicyclic amines) is 1. The van der Waals surface area contributed by atoms with Crippen molar-refractivity contribution in [1.29, 1.82) is 0 Å². The van der Waals surface area contributed by atoms with Crippen LogP contribution in [0, 0.1) is 52.8 Å². The highest BCUT2D eigenvalue weighted by Crippen LogP contribution is 2.57. The monoisotopic (exact) mass is 1550 g/mol. The molecule has 4 amide bonds. The lowest BCUT2D eigenvalue weighted by Gasteiger charge is -2.47. The molecule has 1 aliphatic carbocycles. The van der Waals surface area contributed by atoms with Crippen LogP contribution >= 0.6 is 58.8 Å². The molecular weight excluding hydrogens is 1460 g/mol. The maximum Gasteiger partial charge on any atom is 0.358 e. The fraction of sp³-hybridized carbons (Fsp3) is 0.692. The zero-order chi connectivity index (χ0) is 75.1. The topological polar surface area (TPSA) is 448 Å². The maximum absolute atomic E-state index is 13.0. The summed E-state index contributed by atoms with van der Waals surface area (Å²) in [5.41, 5.74) is -0.430. The van der Waals surface area contributed by atoms with Gasteiger partial charge < -0.3 is 74.4 Å². The number of carbonyl (C=O) groups is 9. The predicted octanol–water partition coefficient (Wildman–Crippen LogP) is -0.0205. The van der Waals surface area contributed by atoms with E-state index >= 15 is 0 Å². The summed E-state index contributed by atoms with van der Waals surface area (Å²) in [5.74, 6) is -7.33. The fourth-order valence-corrected chi connectivity index (χ4v) is 23.4. The lowest BCUT2D eigenvalue weighted by atomic mass is 9.79. The number of thioether (sulfide) groups is 5. The predicted molar refractivity (Wildman–Crippen MR) is 374 cm³/mol. The van der Waals surface area contributed by atoms with Crippen molar-refractivity contribution in [2.24, 2.45) is 62.9 Å². The van der Waals surface area contributed by atoms with Gasteiger partial charge in [-0.2, -0.15) is 17.8 Å². The maximum atomic E-state index is 13.0. The Morgan fingerprint density at radius 1 is 0.728 bits per heavy atom. The second-order valence-corrected chi connectivity index (χ2v) is 36.7. The number of aliphatic carboxylic acids is 3. The summed E-state index contributed by atoms with van der Waals surface area (Å²) >= 11 is 7.69. The van der Waals surface area contributed by atoms with E-state index in [1.807, 2.05) is 30.1 Å². The number of aliphatic hydroxyl groups excluding tert-OH is 4. The molecule has 0 bridgehead atoms. The van der Waals surface area contributed by atoms with Crippen LogP contribution in [-0.4, -0.2) is 247 Å². The second-order valence-electron chi connectivity index (χ2n) is 29.1. The van der Waals surface area contributed by atoms with Crippen LogP contribution in [-0.2, 0) is 80.7 Å². The molecule has 1 aromatic rings. The Kier molecular flexibility index (Phi) is 23.4. The van der Waals surface area contributed by atoms with Gasteiger partial charge in [-0.3, -0.25) is 33.9 Å². The molecule has 13 aliphatic rings. The summed E-state index contributed by atoms with van der Waals surface area (Å²) in [6.07, 6.45) is 4.19. The molecule has 12 aliphatic heterocycles. The number of nitrogens with two attached hydrogens (primary N) is 1. The van der Waals surface area contributed by atoms with E-state index < -0.39 is 100 Å². The van der Waals surface area contributed by atoms with Crippen LogP contribution in [0.5, 0.6) is 0 Å². The summed E-state index contributed by atoms with van der Waals surface area (Å²) in [6, 6.07) is -0.875. The number of β-lactam (4-membered cyclic amide) rings is 4. The van der Waals surface area contributed by atoms with Gasteiger partial charge in [0.1, 0.15) is 29.0 Å². The zero-order valence-electron chi connectivity index (χ0n) is 58.5. The Labute approximate surface area is 616 Å². The number of fused-ring (bicyclic) bond motifs is 5. The number of aliphatic imine (C=N–C) groups is 1. The standard InChI is InChI=1S/C22H31N3O6S2.C16H25N3O6S2.C15H18N4O4S.C12H15NO5S/c1-11-15-14(12(2)26)18(27)25(15)16(19(28)30-10-31-20(29)22(3,4)5)17(11)33-13-8-24(9-13)21-23-6-7-32-21;1-7-12-11(8(2)20)15(21)19(12)13(16(22)23)14(7)26-10-4-3-9(5-10)6-18-27(17,24)25;1-7-11-10(8(2)20)14(21)19(11)12(15(22)23)13(7)24-9-3-17-5-16-6-18(17)4-9;1-5(14)7-10(15)13-8(12(16)17)9(19-11(7)13)6-3-2-4-18-6/h11-15,26H,6-10H2,1-5H3;7-12,18,20H,3-6H2,1-2H3,(H,22,23)(H2,17,24,25);5-11,20H,3-4H2,1-2H3;5-7,11,14H,2-4H2,1H3,(H,16,17)/t11-,12-,14-,15-;7-,8-,9+,10-,11-,12-;7-,8-,10-,11-;5-,6-,7+,11-/m1111/s1. The average Bonchev–Trinajstić information content (AvgIpc) is 1.58. The zero-order valence-corrected chi connectivity index (χ0v) is 63.4. The Morgan fingerprint density at radius 3 is 1.75 bits per heavy atom. The SMILES string of the molecule is C[C@@H](O)[C@H]1C(=O)N2C(C(=O)O)=C(S[C@@H]3CC[C@H](CNS(N)(=O)=O)C3)[C@H](C)[C@H]12.C[C@@H](O)[C@H]1C(=O)N2C(C(=O)O)=C([C@H]3CCCO3)S[C@H]12.C[C@@H](O)[C@H]1C(=O)N2C(C(=O)OCOC(=O)C(C)(C)C)=C(SC3CN(C4=NCCS4)C3)[C@H](C)[C@H]12.C[C@@H](O)[C@H]1C(=O)N2C(C(=O)[O-])=C(SC3Cn4cnc[n+]4C3)[C@H](C)[C@H]12. The highest BCUT2D eigenvalue weighted by atomic mass is 32.2. The Morgan fingerprint density at radius 2 is 1.25 bits per heavy atom. The largest absolute Gasteiger partial charge is 0.543 e. The quantitative estimate of drug-likeness (QED) is 0.0368. The van der Waals surface area contributed by atoms with E-state index in [0.717, 1.165) is 80.7 Å². The average molecular weight is 1550 g/mol. The molecule has 1 aromatic heterocycles. The molecule has 14 rings (SSSR count). The summed E-state index contributed by atoms with van der Waals surface area (Å²) in [5, 5.41) is 76.4. The first-order chi connectivity index (χ1) is 48.4. The molecular formula is C65H89N11O21S6. The third-order valence-electron chi connectivity index (χ3n) is 20.8. The second kappa shape index (κ2) is 30.8. The van der Waals surface area contributed by atoms with Crippen LogP contribution in [0.2, 0.25) is 0 Å². The molecule has 566 valence electrons. The van der Waals surface area contributed by atoms with Crippen molar-refractivity contribution >= 4 is 128 Å². The van der Waals surface area contributed by atoms with Gasteiger partial charge in [0.25, 0.3) is 10.2 Å². The van der Waals surface area contributed by atoms with Crippen LogP contribution < -0.4 is 19.6 Å². The summed E-state index contributed by atoms with van der Waals surface area (Å²) in [7, 11) is -3.72. The van der Waals surface area contributed by atoms with Gasteiger partial charge in [-0.15, -0.1) is 35.3 Å². The molecule has 9 N–H and O–H groups in total. The third-order valence-corrected chi connectivity index (χ3v) is 28.3. The molecule has 0 unspecified atom stereocenters.